The topological polar surface area (TPSA) is 96.9 Å². The fraction of sp³-hybridized carbons (Fsp3) is 0.455. The first-order chi connectivity index (χ1) is 8.60. The van der Waals surface area contributed by atoms with Gasteiger partial charge in [0.15, 0.2) is 0 Å². The summed E-state index contributed by atoms with van der Waals surface area (Å²) >= 11 is 0. The average molecular weight is 248 g/mol. The molecule has 0 radical (unpaired) electrons. The molecule has 0 bridgehead atoms. The molecule has 2 heterocycles. The van der Waals surface area contributed by atoms with Crippen molar-refractivity contribution in [2.24, 2.45) is 0 Å². The van der Waals surface area contributed by atoms with Gasteiger partial charge in [0.05, 0.1) is 0 Å². The molecule has 94 valence electrons. The lowest BCUT2D eigenvalue weighted by Gasteiger charge is -2.09. The zero-order valence-electron chi connectivity index (χ0n) is 9.89. The Morgan fingerprint density at radius 2 is 2.22 bits per heavy atom. The Kier molecular flexibility index (Phi) is 3.02. The van der Waals surface area contributed by atoms with Gasteiger partial charge in [0.1, 0.15) is 18.2 Å². The quantitative estimate of drug-likeness (QED) is 0.694. The summed E-state index contributed by atoms with van der Waals surface area (Å²) in [5.74, 6) is -0.448. The fourth-order valence-electron chi connectivity index (χ4n) is 2.11. The van der Waals surface area contributed by atoms with E-state index in [1.54, 1.807) is 0 Å². The van der Waals surface area contributed by atoms with Crippen LogP contribution in [0.2, 0.25) is 0 Å². The number of amides is 1. The highest BCUT2D eigenvalue weighted by Gasteiger charge is 2.23. The highest BCUT2D eigenvalue weighted by atomic mass is 16.2. The maximum absolute atomic E-state index is 12.0. The average Bonchev–Trinajstić information content (AvgIpc) is 2.84. The van der Waals surface area contributed by atoms with Gasteiger partial charge >= 0.3 is 5.69 Å². The summed E-state index contributed by atoms with van der Waals surface area (Å²) in [6.07, 6.45) is 1.28. The molecule has 0 saturated heterocycles. The molecule has 0 saturated carbocycles. The predicted molar refractivity (Wildman–Crippen MR) is 62.1 cm³/mol. The van der Waals surface area contributed by atoms with Crippen molar-refractivity contribution in [1.29, 1.82) is 5.26 Å². The van der Waals surface area contributed by atoms with E-state index in [1.165, 1.54) is 11.6 Å². The van der Waals surface area contributed by atoms with E-state index in [0.29, 0.717) is 18.7 Å². The van der Waals surface area contributed by atoms with E-state index in [2.05, 4.69) is 5.32 Å². The Hall–Kier alpha value is -2.36. The summed E-state index contributed by atoms with van der Waals surface area (Å²) in [5.41, 5.74) is -0.744. The summed E-state index contributed by atoms with van der Waals surface area (Å²) in [6.45, 7) is 0.125. The number of fused-ring (bicyclic) bond motifs is 1. The number of nitrogens with one attached hydrogen (secondary N) is 1. The van der Waals surface area contributed by atoms with Crippen molar-refractivity contribution in [1.82, 2.24) is 14.5 Å². The van der Waals surface area contributed by atoms with Gasteiger partial charge in [-0.3, -0.25) is 14.2 Å². The van der Waals surface area contributed by atoms with Crippen LogP contribution in [0.15, 0.2) is 9.59 Å². The standard InChI is InChI=1S/C11H12N4O3/c1-13-9(16)6-15-10(17)7(5-12)8-3-2-4-14(8)11(15)18/h2-4,6H2,1H3,(H,13,16). The Morgan fingerprint density at radius 1 is 1.50 bits per heavy atom. The zero-order chi connectivity index (χ0) is 13.3. The molecule has 1 aliphatic rings. The number of aromatic nitrogens is 2. The van der Waals surface area contributed by atoms with Crippen LogP contribution in [0.5, 0.6) is 0 Å². The number of rotatable bonds is 2. The normalized spacial score (nSPS) is 12.9. The second kappa shape index (κ2) is 4.49. The maximum atomic E-state index is 12.0. The van der Waals surface area contributed by atoms with Gasteiger partial charge < -0.3 is 5.32 Å². The molecule has 18 heavy (non-hydrogen) atoms. The smallest absolute Gasteiger partial charge is 0.331 e. The lowest BCUT2D eigenvalue weighted by Crippen LogP contribution is -2.44. The minimum atomic E-state index is -0.681. The van der Waals surface area contributed by atoms with Crippen LogP contribution in [0, 0.1) is 11.3 Å². The van der Waals surface area contributed by atoms with Gasteiger partial charge in [-0.1, -0.05) is 0 Å². The van der Waals surface area contributed by atoms with Crippen LogP contribution in [-0.4, -0.2) is 22.1 Å². The molecular weight excluding hydrogens is 236 g/mol. The number of likely N-dealkylation sites (N-methyl/N-ethyl adjacent to an activating group) is 1. The Balaban J connectivity index is 2.69. The number of carbonyl (C=O) groups excluding carboxylic acids is 1. The lowest BCUT2D eigenvalue weighted by atomic mass is 10.2. The molecule has 0 unspecified atom stereocenters. The SMILES string of the molecule is CNC(=O)Cn1c(=O)c(C#N)c2n(c1=O)CCC2. The molecule has 0 fully saturated rings. The van der Waals surface area contributed by atoms with Crippen molar-refractivity contribution in [3.8, 4) is 6.07 Å². The van der Waals surface area contributed by atoms with E-state index in [-0.39, 0.29) is 12.1 Å². The number of hydrogen-bond acceptors (Lipinski definition) is 4. The summed E-state index contributed by atoms with van der Waals surface area (Å²) < 4.78 is 2.22. The van der Waals surface area contributed by atoms with Gasteiger partial charge in [0, 0.05) is 19.3 Å². The van der Waals surface area contributed by atoms with E-state index >= 15 is 0 Å². The number of hydrogen-bond donors (Lipinski definition) is 1. The molecule has 0 aromatic carbocycles. The van der Waals surface area contributed by atoms with Gasteiger partial charge in [0.25, 0.3) is 5.56 Å². The number of nitriles is 1. The highest BCUT2D eigenvalue weighted by molar-refractivity contribution is 5.75. The Labute approximate surface area is 102 Å². The van der Waals surface area contributed by atoms with Crippen LogP contribution in [0.25, 0.3) is 0 Å². The molecule has 1 N–H and O–H groups in total. The van der Waals surface area contributed by atoms with Crippen LogP contribution in [0.4, 0.5) is 0 Å². The van der Waals surface area contributed by atoms with E-state index in [1.807, 2.05) is 6.07 Å². The first-order valence-corrected chi connectivity index (χ1v) is 5.57. The fourth-order valence-corrected chi connectivity index (χ4v) is 2.11. The molecule has 0 aliphatic carbocycles. The van der Waals surface area contributed by atoms with E-state index in [4.69, 9.17) is 5.26 Å². The Bertz CT molecular complexity index is 663. The van der Waals surface area contributed by atoms with Crippen LogP contribution in [-0.2, 0) is 24.3 Å². The first kappa shape index (κ1) is 12.1. The third-order valence-corrected chi connectivity index (χ3v) is 3.02. The second-order valence-electron chi connectivity index (χ2n) is 4.04. The molecule has 1 aromatic heterocycles. The van der Waals surface area contributed by atoms with E-state index < -0.39 is 17.2 Å². The van der Waals surface area contributed by atoms with Crippen molar-refractivity contribution in [2.75, 3.05) is 7.05 Å². The van der Waals surface area contributed by atoms with Crippen molar-refractivity contribution in [3.63, 3.8) is 0 Å². The summed E-state index contributed by atoms with van der Waals surface area (Å²) in [6, 6.07) is 1.83. The Morgan fingerprint density at radius 3 is 2.83 bits per heavy atom. The summed E-state index contributed by atoms with van der Waals surface area (Å²) in [7, 11) is 1.42. The molecule has 2 rings (SSSR count). The molecular formula is C11H12N4O3. The van der Waals surface area contributed by atoms with Gasteiger partial charge in [-0.15, -0.1) is 0 Å². The molecule has 0 atom stereocenters. The minimum absolute atomic E-state index is 0.0315. The van der Waals surface area contributed by atoms with Crippen LogP contribution >= 0.6 is 0 Å². The molecule has 1 aromatic rings. The third-order valence-electron chi connectivity index (χ3n) is 3.02. The lowest BCUT2D eigenvalue weighted by molar-refractivity contribution is -0.121. The molecule has 7 heteroatoms. The van der Waals surface area contributed by atoms with Crippen molar-refractivity contribution < 1.29 is 4.79 Å². The second-order valence-corrected chi connectivity index (χ2v) is 4.04. The summed E-state index contributed by atoms with van der Waals surface area (Å²) in [5, 5.41) is 11.4. The number of carbonyl (C=O) groups is 1. The van der Waals surface area contributed by atoms with Gasteiger partial charge in [0.2, 0.25) is 5.91 Å². The third kappa shape index (κ3) is 1.72. The predicted octanol–water partition coefficient (Wildman–Crippen LogP) is -1.43. The van der Waals surface area contributed by atoms with Gasteiger partial charge in [-0.05, 0) is 12.8 Å². The van der Waals surface area contributed by atoms with Crippen molar-refractivity contribution in [2.45, 2.75) is 25.9 Å². The van der Waals surface area contributed by atoms with Gasteiger partial charge in [-0.25, -0.2) is 9.36 Å². The summed E-state index contributed by atoms with van der Waals surface area (Å²) in [4.78, 5) is 35.3. The molecule has 0 spiro atoms. The maximum Gasteiger partial charge on any atom is 0.331 e. The first-order valence-electron chi connectivity index (χ1n) is 5.57. The van der Waals surface area contributed by atoms with E-state index in [0.717, 1.165) is 11.0 Å². The van der Waals surface area contributed by atoms with E-state index in [9.17, 15) is 14.4 Å². The van der Waals surface area contributed by atoms with Crippen LogP contribution < -0.4 is 16.6 Å². The molecule has 1 amide bonds. The minimum Gasteiger partial charge on any atom is -0.358 e. The largest absolute Gasteiger partial charge is 0.358 e. The van der Waals surface area contributed by atoms with Gasteiger partial charge in [-0.2, -0.15) is 5.26 Å². The van der Waals surface area contributed by atoms with Crippen LogP contribution in [0.1, 0.15) is 17.7 Å². The molecule has 1 aliphatic heterocycles. The highest BCUT2D eigenvalue weighted by Crippen LogP contribution is 2.12. The molecule has 7 nitrogen and oxygen atoms in total. The van der Waals surface area contributed by atoms with Crippen molar-refractivity contribution in [3.05, 3.63) is 32.1 Å². The zero-order valence-corrected chi connectivity index (χ0v) is 9.89. The monoisotopic (exact) mass is 248 g/mol. The van der Waals surface area contributed by atoms with Crippen molar-refractivity contribution >= 4 is 5.91 Å². The van der Waals surface area contributed by atoms with Crippen LogP contribution in [0.3, 0.4) is 0 Å². The number of nitrogens with zero attached hydrogens (tertiary/aromatic N) is 3.